The minimum atomic E-state index is -1.37. The molecular formula is C5H9BO4. The first-order valence-electron chi connectivity index (χ1n) is 3.10. The van der Waals surface area contributed by atoms with Crippen LogP contribution in [0.3, 0.4) is 0 Å². The van der Waals surface area contributed by atoms with Crippen LogP contribution in [-0.4, -0.2) is 30.2 Å². The zero-order valence-electron chi connectivity index (χ0n) is 5.65. The van der Waals surface area contributed by atoms with E-state index in [1.165, 1.54) is 7.11 Å². The molecule has 0 saturated heterocycles. The van der Waals surface area contributed by atoms with Crippen molar-refractivity contribution >= 4 is 13.1 Å². The summed E-state index contributed by atoms with van der Waals surface area (Å²) in [7, 11) is -0.0781. The molecule has 0 heterocycles. The summed E-state index contributed by atoms with van der Waals surface area (Å²) in [6, 6.07) is 0. The topological polar surface area (TPSA) is 66.8 Å². The third-order valence-corrected chi connectivity index (χ3v) is 1.73. The molecule has 10 heavy (non-hydrogen) atoms. The van der Waals surface area contributed by atoms with Gasteiger partial charge in [-0.15, -0.1) is 0 Å². The van der Waals surface area contributed by atoms with Crippen molar-refractivity contribution in [3.63, 3.8) is 0 Å². The van der Waals surface area contributed by atoms with Gasteiger partial charge in [-0.05, 0) is 6.42 Å². The fourth-order valence-electron chi connectivity index (χ4n) is 0.967. The monoisotopic (exact) mass is 144 g/mol. The Hall–Kier alpha value is -0.545. The molecule has 1 fully saturated rings. The van der Waals surface area contributed by atoms with Crippen LogP contribution >= 0.6 is 0 Å². The molecule has 1 saturated carbocycles. The predicted octanol–water partition coefficient (Wildman–Crippen LogP) is -0.978. The lowest BCUT2D eigenvalue weighted by Crippen LogP contribution is -2.14. The first-order chi connectivity index (χ1) is 4.66. The summed E-state index contributed by atoms with van der Waals surface area (Å²) in [4.78, 5) is 10.6. The van der Waals surface area contributed by atoms with Gasteiger partial charge >= 0.3 is 13.1 Å². The SMILES string of the molecule is COC(=O)C1C[C@H]1B(O)O. The van der Waals surface area contributed by atoms with E-state index >= 15 is 0 Å². The normalized spacial score (nSPS) is 29.5. The van der Waals surface area contributed by atoms with Crippen LogP contribution in [-0.2, 0) is 9.53 Å². The van der Waals surface area contributed by atoms with E-state index in [0.717, 1.165) is 0 Å². The average molecular weight is 144 g/mol. The highest BCUT2D eigenvalue weighted by Crippen LogP contribution is 2.46. The molecule has 1 unspecified atom stereocenters. The van der Waals surface area contributed by atoms with Crippen molar-refractivity contribution < 1.29 is 19.6 Å². The number of carbonyl (C=O) groups is 1. The highest BCUT2D eigenvalue weighted by atomic mass is 16.5. The Kier molecular flexibility index (Phi) is 1.96. The van der Waals surface area contributed by atoms with Crippen molar-refractivity contribution in [1.29, 1.82) is 0 Å². The van der Waals surface area contributed by atoms with E-state index in [1.807, 2.05) is 0 Å². The van der Waals surface area contributed by atoms with Crippen LogP contribution in [0.15, 0.2) is 0 Å². The lowest BCUT2D eigenvalue weighted by atomic mass is 9.82. The lowest BCUT2D eigenvalue weighted by Gasteiger charge is -1.95. The third kappa shape index (κ3) is 1.30. The van der Waals surface area contributed by atoms with E-state index in [4.69, 9.17) is 10.0 Å². The minimum absolute atomic E-state index is 0.287. The Morgan fingerprint density at radius 1 is 1.70 bits per heavy atom. The first kappa shape index (κ1) is 7.56. The van der Waals surface area contributed by atoms with Crippen molar-refractivity contribution in [2.24, 2.45) is 5.92 Å². The van der Waals surface area contributed by atoms with Gasteiger partial charge in [-0.25, -0.2) is 0 Å². The predicted molar refractivity (Wildman–Crippen MR) is 34.1 cm³/mol. The molecule has 56 valence electrons. The van der Waals surface area contributed by atoms with Crippen LogP contribution in [0.4, 0.5) is 0 Å². The van der Waals surface area contributed by atoms with Crippen LogP contribution in [0.5, 0.6) is 0 Å². The third-order valence-electron chi connectivity index (χ3n) is 1.73. The number of esters is 1. The fraction of sp³-hybridized carbons (Fsp3) is 0.800. The van der Waals surface area contributed by atoms with Gasteiger partial charge in [0.15, 0.2) is 0 Å². The van der Waals surface area contributed by atoms with Crippen molar-refractivity contribution in [2.75, 3.05) is 7.11 Å². The molecule has 2 N–H and O–H groups in total. The summed E-state index contributed by atoms with van der Waals surface area (Å²) in [6.07, 6.45) is 0.532. The zero-order valence-corrected chi connectivity index (χ0v) is 5.65. The van der Waals surface area contributed by atoms with Gasteiger partial charge in [-0.1, -0.05) is 0 Å². The molecule has 4 nitrogen and oxygen atoms in total. The number of methoxy groups -OCH3 is 1. The molecule has 0 aliphatic heterocycles. The molecule has 0 aromatic rings. The summed E-state index contributed by atoms with van der Waals surface area (Å²) < 4.78 is 4.39. The van der Waals surface area contributed by atoms with E-state index in [9.17, 15) is 4.79 Å². The Labute approximate surface area is 58.9 Å². The summed E-state index contributed by atoms with van der Waals surface area (Å²) in [5, 5.41) is 17.1. The molecule has 0 spiro atoms. The van der Waals surface area contributed by atoms with E-state index < -0.39 is 7.12 Å². The zero-order chi connectivity index (χ0) is 7.72. The maximum Gasteiger partial charge on any atom is 0.455 e. The van der Waals surface area contributed by atoms with Gasteiger partial charge < -0.3 is 14.8 Å². The number of carbonyl (C=O) groups excluding carboxylic acids is 1. The molecule has 1 aliphatic rings. The average Bonchev–Trinajstić information content (AvgIpc) is 2.64. The highest BCUT2D eigenvalue weighted by Gasteiger charge is 2.50. The van der Waals surface area contributed by atoms with Gasteiger partial charge in [0.05, 0.1) is 13.0 Å². The van der Waals surface area contributed by atoms with E-state index in [1.54, 1.807) is 0 Å². The quantitative estimate of drug-likeness (QED) is 0.386. The van der Waals surface area contributed by atoms with Gasteiger partial charge in [-0.3, -0.25) is 4.79 Å². The number of hydrogen-bond acceptors (Lipinski definition) is 4. The molecule has 0 radical (unpaired) electrons. The molecule has 0 amide bonds. The molecule has 1 rings (SSSR count). The van der Waals surface area contributed by atoms with Crippen LogP contribution < -0.4 is 0 Å². The standard InChI is InChI=1S/C5H9BO4/c1-10-5(7)3-2-4(3)6(8)9/h3-4,8-9H,2H2,1H3/t3?,4-/m1/s1. The van der Waals surface area contributed by atoms with Gasteiger partial charge in [0.2, 0.25) is 0 Å². The van der Waals surface area contributed by atoms with Crippen LogP contribution in [0.25, 0.3) is 0 Å². The minimum Gasteiger partial charge on any atom is -0.469 e. The lowest BCUT2D eigenvalue weighted by molar-refractivity contribution is -0.142. The van der Waals surface area contributed by atoms with Gasteiger partial charge in [0, 0.05) is 5.82 Å². The second-order valence-corrected chi connectivity index (χ2v) is 2.44. The molecule has 2 atom stereocenters. The van der Waals surface area contributed by atoms with Crippen LogP contribution in [0.2, 0.25) is 5.82 Å². The molecule has 0 aromatic carbocycles. The largest absolute Gasteiger partial charge is 0.469 e. The summed E-state index contributed by atoms with van der Waals surface area (Å²) >= 11 is 0. The second kappa shape index (κ2) is 2.60. The van der Waals surface area contributed by atoms with E-state index in [0.29, 0.717) is 6.42 Å². The molecule has 1 aliphatic carbocycles. The first-order valence-corrected chi connectivity index (χ1v) is 3.10. The van der Waals surface area contributed by atoms with Crippen molar-refractivity contribution in [1.82, 2.24) is 0 Å². The van der Waals surface area contributed by atoms with E-state index in [-0.39, 0.29) is 17.7 Å². The molecule has 0 bridgehead atoms. The Morgan fingerprint density at radius 2 is 2.30 bits per heavy atom. The van der Waals surface area contributed by atoms with Crippen LogP contribution in [0.1, 0.15) is 6.42 Å². The van der Waals surface area contributed by atoms with Crippen molar-refractivity contribution in [3.05, 3.63) is 0 Å². The maximum absolute atomic E-state index is 10.6. The molecular weight excluding hydrogens is 135 g/mol. The van der Waals surface area contributed by atoms with Crippen LogP contribution in [0, 0.1) is 5.92 Å². The van der Waals surface area contributed by atoms with E-state index in [2.05, 4.69) is 4.74 Å². The Bertz CT molecular complexity index is 147. The van der Waals surface area contributed by atoms with Crippen molar-refractivity contribution in [3.8, 4) is 0 Å². The van der Waals surface area contributed by atoms with Gasteiger partial charge in [0.25, 0.3) is 0 Å². The Balaban J connectivity index is 2.31. The summed E-state index contributed by atoms with van der Waals surface area (Å²) in [5.41, 5.74) is 0. The highest BCUT2D eigenvalue weighted by molar-refractivity contribution is 6.45. The van der Waals surface area contributed by atoms with Gasteiger partial charge in [0.1, 0.15) is 0 Å². The number of ether oxygens (including phenoxy) is 1. The number of rotatable bonds is 2. The number of hydrogen-bond donors (Lipinski definition) is 2. The fourth-order valence-corrected chi connectivity index (χ4v) is 0.967. The van der Waals surface area contributed by atoms with Gasteiger partial charge in [-0.2, -0.15) is 0 Å². The molecule has 5 heteroatoms. The summed E-state index contributed by atoms with van der Waals surface area (Å²) in [6.45, 7) is 0. The smallest absolute Gasteiger partial charge is 0.455 e. The summed E-state index contributed by atoms with van der Waals surface area (Å²) in [5.74, 6) is -0.935. The Morgan fingerprint density at radius 3 is 2.60 bits per heavy atom. The molecule has 0 aromatic heterocycles. The maximum atomic E-state index is 10.6. The second-order valence-electron chi connectivity index (χ2n) is 2.44. The van der Waals surface area contributed by atoms with Crippen molar-refractivity contribution in [2.45, 2.75) is 12.2 Å².